The third-order valence-electron chi connectivity index (χ3n) is 6.39. The lowest BCUT2D eigenvalue weighted by Gasteiger charge is -2.29. The largest absolute Gasteiger partial charge is 0.494 e. The number of aromatic nitrogens is 2. The highest BCUT2D eigenvalue weighted by atomic mass is 35.5. The van der Waals surface area contributed by atoms with Gasteiger partial charge in [0.15, 0.2) is 5.11 Å². The molecule has 0 unspecified atom stereocenters. The molecule has 5 rings (SSSR count). The molecular formula is C29H28ClN5O3S. The van der Waals surface area contributed by atoms with Gasteiger partial charge >= 0.3 is 0 Å². The lowest BCUT2D eigenvalue weighted by Crippen LogP contribution is -2.30. The van der Waals surface area contributed by atoms with Gasteiger partial charge in [0.2, 0.25) is 5.91 Å². The van der Waals surface area contributed by atoms with Crippen LogP contribution in [0.4, 0.5) is 11.4 Å². The summed E-state index contributed by atoms with van der Waals surface area (Å²) in [5.41, 5.74) is 4.14. The third kappa shape index (κ3) is 5.61. The van der Waals surface area contributed by atoms with Gasteiger partial charge in [0.05, 0.1) is 29.1 Å². The van der Waals surface area contributed by atoms with Gasteiger partial charge in [0, 0.05) is 36.6 Å². The zero-order valence-corrected chi connectivity index (χ0v) is 23.1. The molecule has 0 spiro atoms. The van der Waals surface area contributed by atoms with Crippen molar-refractivity contribution in [1.82, 2.24) is 14.9 Å². The number of nitrogens with zero attached hydrogens (tertiary/aromatic N) is 3. The van der Waals surface area contributed by atoms with E-state index in [2.05, 4.69) is 26.3 Å². The first-order chi connectivity index (χ1) is 19.0. The lowest BCUT2D eigenvalue weighted by atomic mass is 10.0. The van der Waals surface area contributed by atoms with Gasteiger partial charge in [-0.2, -0.15) is 0 Å². The summed E-state index contributed by atoms with van der Waals surface area (Å²) >= 11 is 12.5. The van der Waals surface area contributed by atoms with Crippen LogP contribution in [0.3, 0.4) is 0 Å². The fourth-order valence-corrected chi connectivity index (χ4v) is 5.31. The summed E-state index contributed by atoms with van der Waals surface area (Å²) in [6.07, 6.45) is 3.81. The zero-order valence-electron chi connectivity index (χ0n) is 21.5. The fraction of sp³-hybridized carbons (Fsp3) is 0.207. The number of carbonyl (C=O) groups is 1. The minimum Gasteiger partial charge on any atom is -0.494 e. The van der Waals surface area contributed by atoms with Crippen LogP contribution in [0.25, 0.3) is 5.69 Å². The third-order valence-corrected chi connectivity index (χ3v) is 7.01. The number of pyridine rings is 1. The Balaban J connectivity index is 1.56. The molecular weight excluding hydrogens is 534 g/mol. The number of carbonyl (C=O) groups excluding carboxylic acids is 1. The van der Waals surface area contributed by atoms with Crippen LogP contribution in [0.5, 0.6) is 5.75 Å². The van der Waals surface area contributed by atoms with Gasteiger partial charge in [-0.05, 0) is 85.9 Å². The van der Waals surface area contributed by atoms with Crippen molar-refractivity contribution in [2.45, 2.75) is 19.0 Å². The first-order valence-electron chi connectivity index (χ1n) is 12.5. The molecule has 2 N–H and O–H groups in total. The molecule has 1 saturated heterocycles. The normalized spacial score (nSPS) is 16.7. The van der Waals surface area contributed by atoms with Crippen LogP contribution in [0.2, 0.25) is 5.02 Å². The molecule has 0 radical (unpaired) electrons. The number of hydrogen-bond donors (Lipinski definition) is 2. The van der Waals surface area contributed by atoms with Crippen LogP contribution < -0.4 is 20.3 Å². The predicted octanol–water partition coefficient (Wildman–Crippen LogP) is 5.69. The van der Waals surface area contributed by atoms with Crippen molar-refractivity contribution in [1.29, 1.82) is 0 Å². The maximum atomic E-state index is 12.0. The van der Waals surface area contributed by atoms with E-state index in [9.17, 15) is 4.79 Å². The number of nitrogens with one attached hydrogen (secondary N) is 2. The fourth-order valence-electron chi connectivity index (χ4n) is 4.75. The molecule has 8 nitrogen and oxygen atoms in total. The topological polar surface area (TPSA) is 80.7 Å². The number of amides is 1. The highest BCUT2D eigenvalue weighted by Crippen LogP contribution is 2.43. The van der Waals surface area contributed by atoms with Gasteiger partial charge in [0.1, 0.15) is 18.4 Å². The molecule has 0 aliphatic carbocycles. The second-order valence-corrected chi connectivity index (χ2v) is 9.67. The van der Waals surface area contributed by atoms with E-state index in [0.717, 1.165) is 28.5 Å². The molecule has 10 heteroatoms. The molecule has 1 aliphatic rings. The number of hydrogen-bond acceptors (Lipinski definition) is 5. The van der Waals surface area contributed by atoms with Crippen LogP contribution in [-0.2, 0) is 9.53 Å². The summed E-state index contributed by atoms with van der Waals surface area (Å²) in [4.78, 5) is 18.7. The van der Waals surface area contributed by atoms with Crippen molar-refractivity contribution in [3.63, 3.8) is 0 Å². The first-order valence-corrected chi connectivity index (χ1v) is 13.3. The van der Waals surface area contributed by atoms with Crippen molar-refractivity contribution in [3.05, 3.63) is 102 Å². The average molecular weight is 562 g/mol. The molecule has 4 aromatic rings. The van der Waals surface area contributed by atoms with Crippen molar-refractivity contribution in [2.75, 3.05) is 30.5 Å². The maximum absolute atomic E-state index is 12.0. The molecule has 1 amide bonds. The SMILES string of the molecule is CCOc1ccc(-n2cccc2[C@@H]2[C@@H](c3ccccn3)NC(=S)N2c2ccc(NC(=O)COC)c(Cl)c2)cc1. The minimum absolute atomic E-state index is 0.0609. The second-order valence-electron chi connectivity index (χ2n) is 8.87. The summed E-state index contributed by atoms with van der Waals surface area (Å²) in [6.45, 7) is 2.51. The van der Waals surface area contributed by atoms with E-state index >= 15 is 0 Å². The monoisotopic (exact) mass is 561 g/mol. The summed E-state index contributed by atoms with van der Waals surface area (Å²) in [6, 6.07) is 22.9. The van der Waals surface area contributed by atoms with Crippen LogP contribution >= 0.6 is 23.8 Å². The molecule has 2 atom stereocenters. The Morgan fingerprint density at radius 3 is 2.59 bits per heavy atom. The molecule has 0 bridgehead atoms. The van der Waals surface area contributed by atoms with E-state index in [1.165, 1.54) is 7.11 Å². The number of anilines is 2. The van der Waals surface area contributed by atoms with E-state index < -0.39 is 0 Å². The standard InChI is InChI=1S/C29H28ClN5O3S/c1-3-38-21-12-9-19(10-13-21)34-16-6-8-25(34)28-27(24-7-4-5-15-31-24)33-29(39)35(28)20-11-14-23(22(30)17-20)32-26(36)18-37-2/h4-17,27-28H,3,18H2,1-2H3,(H,32,36)(H,33,39)/t27-,28-/m1/s1. The van der Waals surface area contributed by atoms with Crippen LogP contribution in [0.1, 0.15) is 30.4 Å². The molecule has 39 heavy (non-hydrogen) atoms. The molecule has 1 aliphatic heterocycles. The highest BCUT2D eigenvalue weighted by Gasteiger charge is 2.42. The van der Waals surface area contributed by atoms with E-state index in [1.807, 2.05) is 72.6 Å². The minimum atomic E-state index is -0.285. The van der Waals surface area contributed by atoms with Crippen molar-refractivity contribution in [3.8, 4) is 11.4 Å². The number of ether oxygens (including phenoxy) is 2. The molecule has 3 heterocycles. The van der Waals surface area contributed by atoms with Gasteiger partial charge in [-0.25, -0.2) is 0 Å². The summed E-state index contributed by atoms with van der Waals surface area (Å²) in [7, 11) is 1.47. The first kappa shape index (κ1) is 26.7. The Morgan fingerprint density at radius 1 is 1.10 bits per heavy atom. The Hall–Kier alpha value is -3.92. The smallest absolute Gasteiger partial charge is 0.250 e. The Bertz CT molecular complexity index is 1460. The molecule has 200 valence electrons. The maximum Gasteiger partial charge on any atom is 0.250 e. The Morgan fingerprint density at radius 2 is 1.90 bits per heavy atom. The van der Waals surface area contributed by atoms with Gasteiger partial charge in [-0.1, -0.05) is 17.7 Å². The van der Waals surface area contributed by atoms with Crippen molar-refractivity contribution in [2.24, 2.45) is 0 Å². The predicted molar refractivity (Wildman–Crippen MR) is 157 cm³/mol. The van der Waals surface area contributed by atoms with Crippen LogP contribution in [-0.4, -0.2) is 40.9 Å². The Labute approximate surface area is 237 Å². The number of benzene rings is 2. The average Bonchev–Trinajstić information content (AvgIpc) is 3.55. The van der Waals surface area contributed by atoms with E-state index in [-0.39, 0.29) is 24.6 Å². The van der Waals surface area contributed by atoms with Gasteiger partial charge < -0.3 is 29.6 Å². The Kier molecular flexibility index (Phi) is 8.11. The number of methoxy groups -OCH3 is 1. The molecule has 0 saturated carbocycles. The number of thiocarbonyl (C=S) groups is 1. The van der Waals surface area contributed by atoms with Gasteiger partial charge in [-0.15, -0.1) is 0 Å². The molecule has 1 fully saturated rings. The van der Waals surface area contributed by atoms with Crippen LogP contribution in [0.15, 0.2) is 85.2 Å². The summed E-state index contributed by atoms with van der Waals surface area (Å²) in [5, 5.41) is 7.18. The molecule has 2 aromatic carbocycles. The quantitative estimate of drug-likeness (QED) is 0.254. The second kappa shape index (κ2) is 11.9. The van der Waals surface area contributed by atoms with Gasteiger partial charge in [0.25, 0.3) is 0 Å². The van der Waals surface area contributed by atoms with Crippen molar-refractivity contribution >= 4 is 46.2 Å². The molecule has 2 aromatic heterocycles. The lowest BCUT2D eigenvalue weighted by molar-refractivity contribution is -0.119. The van der Waals surface area contributed by atoms with Gasteiger partial charge in [-0.3, -0.25) is 9.78 Å². The van der Waals surface area contributed by atoms with E-state index in [4.69, 9.17) is 33.3 Å². The van der Waals surface area contributed by atoms with E-state index in [0.29, 0.717) is 22.4 Å². The van der Waals surface area contributed by atoms with E-state index in [1.54, 1.807) is 18.3 Å². The van der Waals surface area contributed by atoms with Crippen LogP contribution in [0, 0.1) is 0 Å². The number of rotatable bonds is 9. The summed E-state index contributed by atoms with van der Waals surface area (Å²) in [5.74, 6) is 0.533. The number of halogens is 1. The summed E-state index contributed by atoms with van der Waals surface area (Å²) < 4.78 is 12.7. The zero-order chi connectivity index (χ0) is 27.4. The van der Waals surface area contributed by atoms with Crippen molar-refractivity contribution < 1.29 is 14.3 Å². The highest BCUT2D eigenvalue weighted by molar-refractivity contribution is 7.80.